The normalized spacial score (nSPS) is 11.7. The molecule has 0 aliphatic rings. The minimum Gasteiger partial charge on any atom is -0.479 e. The minimum atomic E-state index is -1.12. The number of primary amides is 1. The van der Waals surface area contributed by atoms with Gasteiger partial charge in [0.2, 0.25) is 0 Å². The van der Waals surface area contributed by atoms with Crippen LogP contribution < -0.4 is 11.1 Å². The topological polar surface area (TPSA) is 92.4 Å². The Balaban J connectivity index is 2.39. The lowest BCUT2D eigenvalue weighted by Crippen LogP contribution is -2.23. The molecule has 2 aromatic rings. The van der Waals surface area contributed by atoms with E-state index in [2.05, 4.69) is 5.32 Å². The zero-order chi connectivity index (χ0) is 15.4. The van der Waals surface area contributed by atoms with Crippen molar-refractivity contribution >= 4 is 17.6 Å². The van der Waals surface area contributed by atoms with Gasteiger partial charge in [0.05, 0.1) is 5.56 Å². The Hall–Kier alpha value is -2.89. The Morgan fingerprint density at radius 3 is 2.38 bits per heavy atom. The van der Waals surface area contributed by atoms with Crippen LogP contribution in [0.15, 0.2) is 48.5 Å². The monoisotopic (exact) mass is 288 g/mol. The first-order valence-corrected chi connectivity index (χ1v) is 6.12. The predicted molar refractivity (Wildman–Crippen MR) is 75.4 cm³/mol. The highest BCUT2D eigenvalue weighted by Crippen LogP contribution is 2.23. The number of carbonyl (C=O) groups is 2. The molecule has 6 heteroatoms. The molecule has 2 aromatic carbocycles. The molecule has 21 heavy (non-hydrogen) atoms. The molecule has 2 rings (SSSR count). The molecule has 0 aliphatic carbocycles. The third-order valence-electron chi connectivity index (χ3n) is 2.93. The maximum Gasteiger partial charge on any atom is 0.330 e. The first-order chi connectivity index (χ1) is 9.99. The highest BCUT2D eigenvalue weighted by Gasteiger charge is 2.21. The van der Waals surface area contributed by atoms with Gasteiger partial charge in [0.25, 0.3) is 5.91 Å². The Morgan fingerprint density at radius 1 is 1.14 bits per heavy atom. The fourth-order valence-electron chi connectivity index (χ4n) is 1.93. The molecule has 0 bridgehead atoms. The summed E-state index contributed by atoms with van der Waals surface area (Å²) in [6.45, 7) is 0. The number of hydrogen-bond donors (Lipinski definition) is 3. The highest BCUT2D eigenvalue weighted by atomic mass is 19.1. The Bertz CT molecular complexity index is 674. The van der Waals surface area contributed by atoms with Gasteiger partial charge in [0.15, 0.2) is 6.04 Å². The number of carboxylic acid groups (broad SMARTS) is 1. The number of carbonyl (C=O) groups excluding carboxylic acids is 1. The van der Waals surface area contributed by atoms with Crippen LogP contribution in [-0.2, 0) is 4.79 Å². The van der Waals surface area contributed by atoms with Gasteiger partial charge in [-0.05, 0) is 23.8 Å². The summed E-state index contributed by atoms with van der Waals surface area (Å²) in [5.74, 6) is -2.59. The fourth-order valence-corrected chi connectivity index (χ4v) is 1.93. The minimum absolute atomic E-state index is 0.0998. The number of anilines is 1. The average Bonchev–Trinajstić information content (AvgIpc) is 2.46. The number of nitrogens with one attached hydrogen (secondary N) is 1. The number of amides is 1. The molecule has 1 amide bonds. The predicted octanol–water partition coefficient (Wildman–Crippen LogP) is 2.16. The lowest BCUT2D eigenvalue weighted by atomic mass is 10.1. The van der Waals surface area contributed by atoms with Crippen LogP contribution >= 0.6 is 0 Å². The lowest BCUT2D eigenvalue weighted by Gasteiger charge is -2.18. The van der Waals surface area contributed by atoms with E-state index in [-0.39, 0.29) is 11.3 Å². The highest BCUT2D eigenvalue weighted by molar-refractivity contribution is 5.99. The standard InChI is InChI=1S/C15H13FN2O3/c16-10-6-7-12(11(8-10)14(17)19)18-13(15(20)21)9-4-2-1-3-5-9/h1-8,13,18H,(H2,17,19)(H,20,21). The summed E-state index contributed by atoms with van der Waals surface area (Å²) in [4.78, 5) is 22.7. The molecular weight excluding hydrogens is 275 g/mol. The molecule has 0 fully saturated rings. The van der Waals surface area contributed by atoms with E-state index in [9.17, 15) is 19.1 Å². The van der Waals surface area contributed by atoms with E-state index < -0.39 is 23.7 Å². The molecule has 5 nitrogen and oxygen atoms in total. The maximum atomic E-state index is 13.2. The van der Waals surface area contributed by atoms with Gasteiger partial charge in [-0.2, -0.15) is 0 Å². The van der Waals surface area contributed by atoms with Crippen molar-refractivity contribution in [2.75, 3.05) is 5.32 Å². The summed E-state index contributed by atoms with van der Waals surface area (Å²) >= 11 is 0. The summed E-state index contributed by atoms with van der Waals surface area (Å²) in [5.41, 5.74) is 5.75. The van der Waals surface area contributed by atoms with Gasteiger partial charge in [0, 0.05) is 5.69 Å². The molecule has 1 unspecified atom stereocenters. The summed E-state index contributed by atoms with van der Waals surface area (Å²) in [5, 5.41) is 12.0. The van der Waals surface area contributed by atoms with Gasteiger partial charge in [0.1, 0.15) is 5.82 Å². The van der Waals surface area contributed by atoms with E-state index >= 15 is 0 Å². The number of aliphatic carboxylic acids is 1. The van der Waals surface area contributed by atoms with Crippen molar-refractivity contribution in [2.45, 2.75) is 6.04 Å². The molecule has 0 spiro atoms. The summed E-state index contributed by atoms with van der Waals surface area (Å²) < 4.78 is 13.2. The number of benzene rings is 2. The second-order valence-corrected chi connectivity index (χ2v) is 4.38. The molecule has 1 atom stereocenters. The van der Waals surface area contributed by atoms with Gasteiger partial charge >= 0.3 is 5.97 Å². The van der Waals surface area contributed by atoms with Crippen LogP contribution in [0.3, 0.4) is 0 Å². The van der Waals surface area contributed by atoms with Gasteiger partial charge in [-0.1, -0.05) is 30.3 Å². The molecule has 0 saturated heterocycles. The third kappa shape index (κ3) is 3.36. The number of nitrogens with two attached hydrogens (primary N) is 1. The fraction of sp³-hybridized carbons (Fsp3) is 0.0667. The zero-order valence-electron chi connectivity index (χ0n) is 10.9. The van der Waals surface area contributed by atoms with Crippen LogP contribution in [0.25, 0.3) is 0 Å². The first kappa shape index (κ1) is 14.5. The van der Waals surface area contributed by atoms with Crippen LogP contribution in [-0.4, -0.2) is 17.0 Å². The zero-order valence-corrected chi connectivity index (χ0v) is 10.9. The van der Waals surface area contributed by atoms with Gasteiger partial charge in [-0.15, -0.1) is 0 Å². The van der Waals surface area contributed by atoms with Crippen molar-refractivity contribution in [3.8, 4) is 0 Å². The van der Waals surface area contributed by atoms with Crippen molar-refractivity contribution in [1.82, 2.24) is 0 Å². The second kappa shape index (κ2) is 6.04. The van der Waals surface area contributed by atoms with Crippen molar-refractivity contribution in [2.24, 2.45) is 5.73 Å². The lowest BCUT2D eigenvalue weighted by molar-refractivity contribution is -0.138. The molecular formula is C15H13FN2O3. The van der Waals surface area contributed by atoms with E-state index in [0.29, 0.717) is 5.56 Å². The van der Waals surface area contributed by atoms with E-state index in [4.69, 9.17) is 5.73 Å². The molecule has 108 valence electrons. The number of halogens is 1. The molecule has 0 saturated carbocycles. The van der Waals surface area contributed by atoms with Crippen LogP contribution in [0.1, 0.15) is 22.0 Å². The van der Waals surface area contributed by atoms with E-state index in [0.717, 1.165) is 12.1 Å². The van der Waals surface area contributed by atoms with E-state index in [1.54, 1.807) is 30.3 Å². The third-order valence-corrected chi connectivity index (χ3v) is 2.93. The van der Waals surface area contributed by atoms with Gasteiger partial charge < -0.3 is 16.2 Å². The largest absolute Gasteiger partial charge is 0.479 e. The van der Waals surface area contributed by atoms with E-state index in [1.807, 2.05) is 0 Å². The molecule has 0 aromatic heterocycles. The first-order valence-electron chi connectivity index (χ1n) is 6.12. The van der Waals surface area contributed by atoms with E-state index in [1.165, 1.54) is 6.07 Å². The Labute approximate surface area is 120 Å². The Morgan fingerprint density at radius 2 is 1.81 bits per heavy atom. The smallest absolute Gasteiger partial charge is 0.330 e. The molecule has 0 heterocycles. The van der Waals surface area contributed by atoms with Crippen molar-refractivity contribution in [3.63, 3.8) is 0 Å². The van der Waals surface area contributed by atoms with Crippen LogP contribution in [0.2, 0.25) is 0 Å². The molecule has 4 N–H and O–H groups in total. The quantitative estimate of drug-likeness (QED) is 0.786. The summed E-state index contributed by atoms with van der Waals surface area (Å²) in [6, 6.07) is 10.7. The molecule has 0 radical (unpaired) electrons. The van der Waals surface area contributed by atoms with Crippen molar-refractivity contribution in [3.05, 3.63) is 65.5 Å². The Kier molecular flexibility index (Phi) is 4.18. The SMILES string of the molecule is NC(=O)c1cc(F)ccc1NC(C(=O)O)c1ccccc1. The number of hydrogen-bond acceptors (Lipinski definition) is 3. The molecule has 0 aliphatic heterocycles. The second-order valence-electron chi connectivity index (χ2n) is 4.38. The van der Waals surface area contributed by atoms with Crippen LogP contribution in [0.4, 0.5) is 10.1 Å². The maximum absolute atomic E-state index is 13.2. The van der Waals surface area contributed by atoms with Crippen LogP contribution in [0, 0.1) is 5.82 Å². The average molecular weight is 288 g/mol. The number of rotatable bonds is 5. The van der Waals surface area contributed by atoms with Crippen molar-refractivity contribution < 1.29 is 19.1 Å². The van der Waals surface area contributed by atoms with Crippen LogP contribution in [0.5, 0.6) is 0 Å². The van der Waals surface area contributed by atoms with Gasteiger partial charge in [-0.25, -0.2) is 9.18 Å². The summed E-state index contributed by atoms with van der Waals surface area (Å²) in [6.07, 6.45) is 0. The number of carboxylic acids is 1. The summed E-state index contributed by atoms with van der Waals surface area (Å²) in [7, 11) is 0. The van der Waals surface area contributed by atoms with Crippen molar-refractivity contribution in [1.29, 1.82) is 0 Å². The van der Waals surface area contributed by atoms with Gasteiger partial charge in [-0.3, -0.25) is 4.79 Å².